The highest BCUT2D eigenvalue weighted by Crippen LogP contribution is 2.13. The minimum absolute atomic E-state index is 0.110. The van der Waals surface area contributed by atoms with Gasteiger partial charge in [0.2, 0.25) is 0 Å². The van der Waals surface area contributed by atoms with E-state index in [0.29, 0.717) is 6.61 Å². The van der Waals surface area contributed by atoms with Crippen LogP contribution >= 0.6 is 0 Å². The lowest BCUT2D eigenvalue weighted by Crippen LogP contribution is -2.42. The highest BCUT2D eigenvalue weighted by molar-refractivity contribution is 7.92. The molecule has 1 N–H and O–H groups in total. The van der Waals surface area contributed by atoms with Crippen molar-refractivity contribution in [1.82, 2.24) is 5.32 Å². The lowest BCUT2D eigenvalue weighted by atomic mass is 10.2. The zero-order valence-corrected chi connectivity index (χ0v) is 11.8. The first kappa shape index (κ1) is 15.9. The normalized spacial score (nSPS) is 16.4. The molecule has 0 aromatic heterocycles. The third-order valence-electron chi connectivity index (χ3n) is 2.80. The van der Waals surface area contributed by atoms with Gasteiger partial charge in [-0.25, -0.2) is 8.42 Å². The van der Waals surface area contributed by atoms with E-state index in [0.717, 1.165) is 6.54 Å². The van der Waals surface area contributed by atoms with E-state index in [4.69, 9.17) is 4.74 Å². The van der Waals surface area contributed by atoms with Crippen LogP contribution in [0.5, 0.6) is 0 Å². The number of sulfone groups is 1. The highest BCUT2D eigenvalue weighted by atomic mass is 32.2. The summed E-state index contributed by atoms with van der Waals surface area (Å²) in [5.41, 5.74) is 0. The molecule has 0 saturated heterocycles. The van der Waals surface area contributed by atoms with Crippen molar-refractivity contribution in [2.24, 2.45) is 5.92 Å². The Morgan fingerprint density at radius 2 is 1.81 bits per heavy atom. The van der Waals surface area contributed by atoms with Crippen LogP contribution in [0.3, 0.4) is 0 Å². The fourth-order valence-electron chi connectivity index (χ4n) is 1.50. The summed E-state index contributed by atoms with van der Waals surface area (Å²) in [5, 5.41) is 2.83. The van der Waals surface area contributed by atoms with Gasteiger partial charge >= 0.3 is 0 Å². The van der Waals surface area contributed by atoms with Crippen molar-refractivity contribution >= 4 is 9.84 Å². The van der Waals surface area contributed by atoms with Gasteiger partial charge in [0.25, 0.3) is 0 Å². The molecule has 0 fully saturated rings. The molecule has 0 amide bonds. The summed E-state index contributed by atoms with van der Waals surface area (Å²) < 4.78 is 29.1. The quantitative estimate of drug-likeness (QED) is 0.701. The maximum atomic E-state index is 12.0. The summed E-state index contributed by atoms with van der Waals surface area (Å²) in [6, 6.07) is -0.110. The van der Waals surface area contributed by atoms with Gasteiger partial charge in [0.05, 0.1) is 17.6 Å². The van der Waals surface area contributed by atoms with E-state index in [1.165, 1.54) is 0 Å². The van der Waals surface area contributed by atoms with Crippen molar-refractivity contribution in [3.05, 3.63) is 0 Å². The second-order valence-corrected chi connectivity index (χ2v) is 6.89. The maximum absolute atomic E-state index is 12.0. The molecule has 0 rings (SSSR count). The van der Waals surface area contributed by atoms with Crippen molar-refractivity contribution in [2.45, 2.75) is 39.0 Å². The van der Waals surface area contributed by atoms with Crippen molar-refractivity contribution in [3.63, 3.8) is 0 Å². The maximum Gasteiger partial charge on any atom is 0.154 e. The molecule has 0 heterocycles. The van der Waals surface area contributed by atoms with Crippen molar-refractivity contribution in [3.8, 4) is 0 Å². The predicted octanol–water partition coefficient (Wildman–Crippen LogP) is 1.07. The third-order valence-corrected chi connectivity index (χ3v) is 5.34. The van der Waals surface area contributed by atoms with Gasteiger partial charge in [-0.1, -0.05) is 20.8 Å². The smallest absolute Gasteiger partial charge is 0.154 e. The molecule has 0 aromatic carbocycles. The van der Waals surface area contributed by atoms with Crippen LogP contribution in [-0.4, -0.2) is 45.7 Å². The van der Waals surface area contributed by atoms with Gasteiger partial charge in [0.15, 0.2) is 9.84 Å². The Hall–Kier alpha value is -0.130. The second-order valence-electron chi connectivity index (χ2n) is 4.49. The van der Waals surface area contributed by atoms with E-state index in [1.807, 2.05) is 20.8 Å². The lowest BCUT2D eigenvalue weighted by Gasteiger charge is -2.21. The summed E-state index contributed by atoms with van der Waals surface area (Å²) in [7, 11) is -1.46. The summed E-state index contributed by atoms with van der Waals surface area (Å²) in [4.78, 5) is 0. The molecule has 0 aliphatic carbocycles. The van der Waals surface area contributed by atoms with Crippen LogP contribution in [0.4, 0.5) is 0 Å². The molecule has 0 aliphatic rings. The number of nitrogens with one attached hydrogen (secondary N) is 1. The van der Waals surface area contributed by atoms with Crippen LogP contribution in [0.25, 0.3) is 0 Å². The number of hydrogen-bond acceptors (Lipinski definition) is 4. The number of rotatable bonds is 8. The molecule has 0 spiro atoms. The molecular weight excluding hydrogens is 226 g/mol. The third kappa shape index (κ3) is 5.27. The van der Waals surface area contributed by atoms with E-state index in [9.17, 15) is 8.42 Å². The van der Waals surface area contributed by atoms with E-state index >= 15 is 0 Å². The van der Waals surface area contributed by atoms with E-state index in [-0.39, 0.29) is 23.0 Å². The number of ether oxygens (including phenoxy) is 1. The van der Waals surface area contributed by atoms with Gasteiger partial charge in [0, 0.05) is 13.2 Å². The fraction of sp³-hybridized carbons (Fsp3) is 1.00. The zero-order chi connectivity index (χ0) is 12.8. The molecule has 0 saturated carbocycles. The zero-order valence-electron chi connectivity index (χ0n) is 11.0. The molecule has 0 aliphatic heterocycles. The van der Waals surface area contributed by atoms with Crippen molar-refractivity contribution in [1.29, 1.82) is 0 Å². The summed E-state index contributed by atoms with van der Waals surface area (Å²) >= 11 is 0. The SMILES string of the molecule is CCNC(COC)CS(=O)(=O)C(C)C(C)C. The van der Waals surface area contributed by atoms with Crippen LogP contribution < -0.4 is 5.32 Å². The van der Waals surface area contributed by atoms with Crippen LogP contribution in [0, 0.1) is 5.92 Å². The second kappa shape index (κ2) is 7.25. The molecule has 0 bridgehead atoms. The number of hydrogen-bond donors (Lipinski definition) is 1. The average molecular weight is 251 g/mol. The average Bonchev–Trinajstić information content (AvgIpc) is 2.16. The van der Waals surface area contributed by atoms with Gasteiger partial charge in [-0.3, -0.25) is 0 Å². The van der Waals surface area contributed by atoms with Gasteiger partial charge in [-0.05, 0) is 19.4 Å². The Kier molecular flexibility index (Phi) is 7.19. The molecule has 98 valence electrons. The first-order chi connectivity index (χ1) is 7.35. The van der Waals surface area contributed by atoms with Crippen LogP contribution in [0.2, 0.25) is 0 Å². The topological polar surface area (TPSA) is 55.4 Å². The first-order valence-corrected chi connectivity index (χ1v) is 7.50. The molecule has 4 nitrogen and oxygen atoms in total. The molecule has 2 unspecified atom stereocenters. The van der Waals surface area contributed by atoms with Crippen LogP contribution in [0.15, 0.2) is 0 Å². The van der Waals surface area contributed by atoms with E-state index in [2.05, 4.69) is 5.32 Å². The Balaban J connectivity index is 4.52. The standard InChI is InChI=1S/C11H25NO3S/c1-6-12-11(7-15-5)8-16(13,14)10(4)9(2)3/h9-12H,6-8H2,1-5H3. The molecule has 2 atom stereocenters. The Bertz CT molecular complexity index is 269. The van der Waals surface area contributed by atoms with Gasteiger partial charge in [-0.15, -0.1) is 0 Å². The molecule has 5 heteroatoms. The summed E-state index contributed by atoms with van der Waals surface area (Å²) in [6.45, 7) is 8.77. The lowest BCUT2D eigenvalue weighted by molar-refractivity contribution is 0.174. The summed E-state index contributed by atoms with van der Waals surface area (Å²) in [6.07, 6.45) is 0. The van der Waals surface area contributed by atoms with Crippen LogP contribution in [-0.2, 0) is 14.6 Å². The van der Waals surface area contributed by atoms with Gasteiger partial charge < -0.3 is 10.1 Å². The predicted molar refractivity (Wildman–Crippen MR) is 67.4 cm³/mol. The molecule has 16 heavy (non-hydrogen) atoms. The molecular formula is C11H25NO3S. The number of likely N-dealkylation sites (N-methyl/N-ethyl adjacent to an activating group) is 1. The largest absolute Gasteiger partial charge is 0.383 e. The molecule has 0 radical (unpaired) electrons. The fourth-order valence-corrected chi connectivity index (χ4v) is 3.41. The van der Waals surface area contributed by atoms with Gasteiger partial charge in [-0.2, -0.15) is 0 Å². The summed E-state index contributed by atoms with van der Waals surface area (Å²) in [5.74, 6) is 0.295. The van der Waals surface area contributed by atoms with E-state index < -0.39 is 9.84 Å². The first-order valence-electron chi connectivity index (χ1n) is 5.79. The number of methoxy groups -OCH3 is 1. The van der Waals surface area contributed by atoms with E-state index in [1.54, 1.807) is 14.0 Å². The molecule has 0 aromatic rings. The van der Waals surface area contributed by atoms with Crippen LogP contribution in [0.1, 0.15) is 27.7 Å². The minimum atomic E-state index is -3.05. The Labute approximate surface area is 99.7 Å². The van der Waals surface area contributed by atoms with Crippen molar-refractivity contribution in [2.75, 3.05) is 26.0 Å². The Morgan fingerprint density at radius 3 is 2.19 bits per heavy atom. The van der Waals surface area contributed by atoms with Crippen molar-refractivity contribution < 1.29 is 13.2 Å². The monoisotopic (exact) mass is 251 g/mol. The Morgan fingerprint density at radius 1 is 1.25 bits per heavy atom. The van der Waals surface area contributed by atoms with Gasteiger partial charge in [0.1, 0.15) is 0 Å². The minimum Gasteiger partial charge on any atom is -0.383 e. The highest BCUT2D eigenvalue weighted by Gasteiger charge is 2.27.